The first-order chi connectivity index (χ1) is 12.1. The summed E-state index contributed by atoms with van der Waals surface area (Å²) in [4.78, 5) is 14.6. The molecule has 0 aliphatic carbocycles. The summed E-state index contributed by atoms with van der Waals surface area (Å²) < 4.78 is 3.21. The highest BCUT2D eigenvalue weighted by atomic mass is 16.3. The number of rotatable bonds is 4. The van der Waals surface area contributed by atoms with Crippen LogP contribution in [0.4, 0.5) is 0 Å². The van der Waals surface area contributed by atoms with Crippen LogP contribution in [0.1, 0.15) is 16.9 Å². The van der Waals surface area contributed by atoms with Gasteiger partial charge < -0.3 is 10.0 Å². The van der Waals surface area contributed by atoms with Gasteiger partial charge in [0.05, 0.1) is 31.2 Å². The number of aliphatic hydroxyl groups is 1. The van der Waals surface area contributed by atoms with Crippen molar-refractivity contribution in [2.45, 2.75) is 18.6 Å². The zero-order chi connectivity index (χ0) is 17.3. The van der Waals surface area contributed by atoms with Gasteiger partial charge in [0, 0.05) is 12.7 Å². The van der Waals surface area contributed by atoms with Gasteiger partial charge in [-0.3, -0.25) is 4.79 Å². The third-order valence-electron chi connectivity index (χ3n) is 4.41. The lowest BCUT2D eigenvalue weighted by atomic mass is 10.0. The fourth-order valence-electron chi connectivity index (χ4n) is 3.18. The number of para-hydroxylation sites is 1. The van der Waals surface area contributed by atoms with Crippen molar-refractivity contribution in [3.63, 3.8) is 0 Å². The van der Waals surface area contributed by atoms with E-state index in [2.05, 4.69) is 15.4 Å². The van der Waals surface area contributed by atoms with Gasteiger partial charge >= 0.3 is 0 Å². The van der Waals surface area contributed by atoms with Crippen LogP contribution in [0.2, 0.25) is 0 Å². The van der Waals surface area contributed by atoms with Crippen LogP contribution in [0.15, 0.2) is 55.0 Å². The predicted molar refractivity (Wildman–Crippen MR) is 89.1 cm³/mol. The molecule has 1 unspecified atom stereocenters. The van der Waals surface area contributed by atoms with E-state index in [1.165, 1.54) is 0 Å². The summed E-state index contributed by atoms with van der Waals surface area (Å²) in [6.45, 7) is 1.06. The van der Waals surface area contributed by atoms with E-state index in [-0.39, 0.29) is 12.5 Å². The third kappa shape index (κ3) is 3.03. The van der Waals surface area contributed by atoms with Crippen molar-refractivity contribution in [1.82, 2.24) is 29.7 Å². The maximum absolute atomic E-state index is 12.9. The summed E-state index contributed by atoms with van der Waals surface area (Å²) in [6.07, 6.45) is 5.38. The molecule has 1 fully saturated rings. The minimum atomic E-state index is -0.999. The Labute approximate surface area is 144 Å². The number of nitrogens with zero attached hydrogens (tertiary/aromatic N) is 6. The molecule has 4 rings (SSSR count). The van der Waals surface area contributed by atoms with Gasteiger partial charge in [-0.2, -0.15) is 5.10 Å². The van der Waals surface area contributed by atoms with Crippen LogP contribution in [0.5, 0.6) is 0 Å². The zero-order valence-electron chi connectivity index (χ0n) is 13.6. The van der Waals surface area contributed by atoms with Gasteiger partial charge in [0.25, 0.3) is 5.91 Å². The first-order valence-electron chi connectivity index (χ1n) is 8.10. The summed E-state index contributed by atoms with van der Waals surface area (Å²) in [5.74, 6) is -0.143. The third-order valence-corrected chi connectivity index (χ3v) is 4.41. The molecule has 1 aliphatic rings. The lowest BCUT2D eigenvalue weighted by molar-refractivity contribution is 0.0265. The van der Waals surface area contributed by atoms with Crippen molar-refractivity contribution in [3.05, 3.63) is 60.7 Å². The molecule has 1 amide bonds. The average molecular weight is 338 g/mol. The summed E-state index contributed by atoms with van der Waals surface area (Å²) in [5.41, 5.74) is 0.310. The van der Waals surface area contributed by atoms with Crippen LogP contribution < -0.4 is 0 Å². The zero-order valence-corrected chi connectivity index (χ0v) is 13.6. The number of aromatic nitrogens is 5. The van der Waals surface area contributed by atoms with Crippen molar-refractivity contribution in [1.29, 1.82) is 0 Å². The molecule has 1 N–H and O–H groups in total. The molecular weight excluding hydrogens is 320 g/mol. The fraction of sp³-hybridized carbons (Fsp3) is 0.294. The molecule has 3 heterocycles. The molecule has 3 aromatic rings. The minimum absolute atomic E-state index is 0.143. The van der Waals surface area contributed by atoms with Gasteiger partial charge in [0.1, 0.15) is 11.3 Å². The van der Waals surface area contributed by atoms with Crippen LogP contribution in [-0.2, 0) is 6.54 Å². The second-order valence-electron chi connectivity index (χ2n) is 6.27. The highest BCUT2D eigenvalue weighted by molar-refractivity contribution is 5.93. The fourth-order valence-corrected chi connectivity index (χ4v) is 3.18. The van der Waals surface area contributed by atoms with E-state index in [0.29, 0.717) is 25.2 Å². The molecule has 25 heavy (non-hydrogen) atoms. The van der Waals surface area contributed by atoms with E-state index in [1.54, 1.807) is 38.9 Å². The SMILES string of the molecule is O=C(c1ccnn1-c1ccccc1)N1CCC(O)(Cn2ccnn2)C1. The smallest absolute Gasteiger partial charge is 0.272 e. The maximum Gasteiger partial charge on any atom is 0.272 e. The highest BCUT2D eigenvalue weighted by Crippen LogP contribution is 2.25. The standard InChI is InChI=1S/C17H18N6O2/c24-16(15-6-8-19-23(15)14-4-2-1-3-5-14)21-10-7-17(25,12-21)13-22-11-9-18-20-22/h1-6,8-9,11,25H,7,10,12-13H2. The van der Waals surface area contributed by atoms with E-state index in [4.69, 9.17) is 0 Å². The molecule has 8 nitrogen and oxygen atoms in total. The lowest BCUT2D eigenvalue weighted by Gasteiger charge is -2.23. The molecular formula is C17H18N6O2. The summed E-state index contributed by atoms with van der Waals surface area (Å²) >= 11 is 0. The largest absolute Gasteiger partial charge is 0.386 e. The molecule has 0 spiro atoms. The Morgan fingerprint density at radius 2 is 2.04 bits per heavy atom. The summed E-state index contributed by atoms with van der Waals surface area (Å²) in [7, 11) is 0. The van der Waals surface area contributed by atoms with E-state index in [9.17, 15) is 9.90 Å². The molecule has 128 valence electrons. The molecule has 2 aromatic heterocycles. The van der Waals surface area contributed by atoms with Crippen LogP contribution in [0.3, 0.4) is 0 Å². The number of β-amino-alcohol motifs (C(OH)–C–C–N with tert-alkyl or cyclic N) is 1. The quantitative estimate of drug-likeness (QED) is 0.758. The molecule has 1 atom stereocenters. The molecule has 1 aliphatic heterocycles. The topological polar surface area (TPSA) is 89.1 Å². The average Bonchev–Trinajstić information content (AvgIpc) is 3.36. The normalized spacial score (nSPS) is 20.1. The van der Waals surface area contributed by atoms with Gasteiger partial charge in [-0.25, -0.2) is 9.36 Å². The first-order valence-corrected chi connectivity index (χ1v) is 8.10. The second kappa shape index (κ2) is 6.14. The Hall–Kier alpha value is -3.00. The van der Waals surface area contributed by atoms with Gasteiger partial charge in [-0.1, -0.05) is 23.4 Å². The molecule has 8 heteroatoms. The Bertz CT molecular complexity index is 860. The Morgan fingerprint density at radius 1 is 1.20 bits per heavy atom. The molecule has 1 saturated heterocycles. The van der Waals surface area contributed by atoms with Crippen LogP contribution in [0.25, 0.3) is 5.69 Å². The van der Waals surface area contributed by atoms with Crippen LogP contribution >= 0.6 is 0 Å². The Kier molecular flexibility index (Phi) is 3.81. The van der Waals surface area contributed by atoms with Gasteiger partial charge in [-0.15, -0.1) is 5.10 Å². The van der Waals surface area contributed by atoms with Crippen molar-refractivity contribution in [2.24, 2.45) is 0 Å². The Morgan fingerprint density at radius 3 is 2.80 bits per heavy atom. The monoisotopic (exact) mass is 338 g/mol. The van der Waals surface area contributed by atoms with Crippen molar-refractivity contribution in [3.8, 4) is 5.69 Å². The maximum atomic E-state index is 12.9. The lowest BCUT2D eigenvalue weighted by Crippen LogP contribution is -2.40. The molecule has 1 aromatic carbocycles. The second-order valence-corrected chi connectivity index (χ2v) is 6.27. The molecule has 0 radical (unpaired) electrons. The number of carbonyl (C=O) groups is 1. The van der Waals surface area contributed by atoms with E-state index in [0.717, 1.165) is 5.69 Å². The summed E-state index contributed by atoms with van der Waals surface area (Å²) in [6, 6.07) is 11.2. The number of amides is 1. The predicted octanol–water partition coefficient (Wildman–Crippen LogP) is 0.741. The van der Waals surface area contributed by atoms with Gasteiger partial charge in [0.2, 0.25) is 0 Å². The first kappa shape index (κ1) is 15.5. The van der Waals surface area contributed by atoms with E-state index >= 15 is 0 Å². The van der Waals surface area contributed by atoms with Crippen molar-refractivity contribution < 1.29 is 9.90 Å². The highest BCUT2D eigenvalue weighted by Gasteiger charge is 2.39. The van der Waals surface area contributed by atoms with Gasteiger partial charge in [0.15, 0.2) is 0 Å². The summed E-state index contributed by atoms with van der Waals surface area (Å²) in [5, 5.41) is 22.7. The Balaban J connectivity index is 1.52. The number of hydrogen-bond acceptors (Lipinski definition) is 5. The molecule has 0 bridgehead atoms. The van der Waals surface area contributed by atoms with Crippen molar-refractivity contribution >= 4 is 5.91 Å². The van der Waals surface area contributed by atoms with Crippen LogP contribution in [-0.4, -0.2) is 59.4 Å². The van der Waals surface area contributed by atoms with Crippen molar-refractivity contribution in [2.75, 3.05) is 13.1 Å². The number of likely N-dealkylation sites (tertiary alicyclic amines) is 1. The number of hydrogen-bond donors (Lipinski definition) is 1. The minimum Gasteiger partial charge on any atom is -0.386 e. The van der Waals surface area contributed by atoms with E-state index in [1.807, 2.05) is 30.3 Å². The van der Waals surface area contributed by atoms with Crippen LogP contribution in [0, 0.1) is 0 Å². The molecule has 0 saturated carbocycles. The number of carbonyl (C=O) groups excluding carboxylic acids is 1. The van der Waals surface area contributed by atoms with E-state index < -0.39 is 5.60 Å². The number of benzene rings is 1. The van der Waals surface area contributed by atoms with Gasteiger partial charge in [-0.05, 0) is 24.6 Å².